The van der Waals surface area contributed by atoms with E-state index in [9.17, 15) is 9.59 Å². The van der Waals surface area contributed by atoms with E-state index in [1.54, 1.807) is 0 Å². The highest BCUT2D eigenvalue weighted by Crippen LogP contribution is 2.40. The summed E-state index contributed by atoms with van der Waals surface area (Å²) in [6.45, 7) is 9.75. The first-order valence-electron chi connectivity index (χ1n) is 24.6. The van der Waals surface area contributed by atoms with Crippen molar-refractivity contribution in [3.63, 3.8) is 0 Å². The van der Waals surface area contributed by atoms with Gasteiger partial charge in [-0.1, -0.05) is 70.7 Å². The van der Waals surface area contributed by atoms with Crippen LogP contribution in [0.1, 0.15) is 58.1 Å². The van der Waals surface area contributed by atoms with Crippen LogP contribution in [-0.2, 0) is 45.1 Å². The van der Waals surface area contributed by atoms with Gasteiger partial charge in [0.25, 0.3) is 0 Å². The lowest BCUT2D eigenvalue weighted by atomic mass is 9.84. The van der Waals surface area contributed by atoms with Crippen molar-refractivity contribution in [1.82, 2.24) is 50.6 Å². The molecule has 6 aromatic rings. The molecule has 2 aliphatic rings. The van der Waals surface area contributed by atoms with Gasteiger partial charge in [-0.15, -0.1) is 0 Å². The second-order valence-electron chi connectivity index (χ2n) is 18.4. The highest BCUT2D eigenvalue weighted by molar-refractivity contribution is 6.35. The van der Waals surface area contributed by atoms with Gasteiger partial charge >= 0.3 is 12.1 Å². The summed E-state index contributed by atoms with van der Waals surface area (Å²) in [5, 5.41) is 25.7. The van der Waals surface area contributed by atoms with Crippen molar-refractivity contribution in [2.24, 2.45) is 0 Å². The van der Waals surface area contributed by atoms with E-state index >= 15 is 0 Å². The second-order valence-corrected chi connectivity index (χ2v) is 20.0. The molecule has 2 aromatic heterocycles. The number of unbranched alkanes of at least 4 members (excludes halogenated alkanes) is 1. The molecule has 16 nitrogen and oxygen atoms in total. The van der Waals surface area contributed by atoms with Crippen molar-refractivity contribution in [3.8, 4) is 0 Å². The largest absolute Gasteiger partial charge is 0.377 e. The normalized spacial score (nSPS) is 16.0. The molecule has 0 radical (unpaired) electrons. The van der Waals surface area contributed by atoms with Crippen LogP contribution in [0.15, 0.2) is 73.1 Å². The standard InChI is InChI=1S/C52H64Cl4N10O6/c1-63-31-43(41-25-39(53)27-47(55)45(41)33-63)35-5-7-37-29-65(61-49(37)23-35)13-17-71-21-19-69-15-11-59-51(67)57-9-3-4-10-58-52(68)60-12-16-70-20-22-72-18-14-66-30-38-8-6-36(24-50(38)62-66)44-32-64(2)34-46-42(44)26-40(54)28-48(46)56/h5-8,23-30,43-44H,3-4,9-22,31-34H2,1-2H3,(H2,57,59,67)(H2,58,60,68). The number of hydrogen-bond donors (Lipinski definition) is 4. The number of fused-ring (bicyclic) bond motifs is 4. The van der Waals surface area contributed by atoms with Gasteiger partial charge in [-0.2, -0.15) is 10.2 Å². The van der Waals surface area contributed by atoms with Crippen molar-refractivity contribution in [3.05, 3.63) is 127 Å². The summed E-state index contributed by atoms with van der Waals surface area (Å²) in [5.41, 5.74) is 8.84. The minimum atomic E-state index is -0.261. The van der Waals surface area contributed by atoms with Crippen LogP contribution in [0.2, 0.25) is 20.1 Å². The molecule has 0 aliphatic carbocycles. The third-order valence-corrected chi connectivity index (χ3v) is 14.0. The smallest absolute Gasteiger partial charge is 0.314 e. The first kappa shape index (κ1) is 53.6. The van der Waals surface area contributed by atoms with Gasteiger partial charge in [-0.3, -0.25) is 9.36 Å². The lowest BCUT2D eigenvalue weighted by molar-refractivity contribution is 0.0455. The van der Waals surface area contributed by atoms with Crippen LogP contribution in [-0.4, -0.2) is 148 Å². The molecule has 0 saturated heterocycles. The molecule has 8 rings (SSSR count). The number of likely N-dealkylation sites (N-methyl/N-ethyl adjacent to an activating group) is 2. The Balaban J connectivity index is 0.586. The van der Waals surface area contributed by atoms with Crippen molar-refractivity contribution in [2.75, 3.05) is 106 Å². The van der Waals surface area contributed by atoms with Crippen LogP contribution in [0.3, 0.4) is 0 Å². The summed E-state index contributed by atoms with van der Waals surface area (Å²) in [7, 11) is 4.22. The van der Waals surface area contributed by atoms with Crippen molar-refractivity contribution in [2.45, 2.75) is 50.9 Å². The van der Waals surface area contributed by atoms with E-state index < -0.39 is 0 Å². The molecule has 4 amide bonds. The number of urea groups is 2. The van der Waals surface area contributed by atoms with Gasteiger partial charge < -0.3 is 50.0 Å². The average molecular weight is 1070 g/mol. The minimum Gasteiger partial charge on any atom is -0.377 e. The van der Waals surface area contributed by atoms with Gasteiger partial charge in [0.15, 0.2) is 0 Å². The number of amides is 4. The molecule has 4 heterocycles. The monoisotopic (exact) mass is 1060 g/mol. The molecule has 4 N–H and O–H groups in total. The Morgan fingerprint density at radius 2 is 0.944 bits per heavy atom. The predicted molar refractivity (Wildman–Crippen MR) is 284 cm³/mol. The summed E-state index contributed by atoms with van der Waals surface area (Å²) < 4.78 is 26.6. The number of nitrogens with one attached hydrogen (secondary N) is 4. The van der Waals surface area contributed by atoms with Crippen molar-refractivity contribution >= 4 is 80.3 Å². The Morgan fingerprint density at radius 1 is 0.542 bits per heavy atom. The third-order valence-electron chi connectivity index (χ3n) is 12.9. The van der Waals surface area contributed by atoms with Crippen molar-refractivity contribution in [1.29, 1.82) is 0 Å². The number of ether oxygens (including phenoxy) is 4. The minimum absolute atomic E-state index is 0.153. The molecule has 2 unspecified atom stereocenters. The Bertz CT molecular complexity index is 2590. The molecule has 0 spiro atoms. The zero-order valence-corrected chi connectivity index (χ0v) is 43.9. The number of carbonyl (C=O) groups excluding carboxylic acids is 2. The van der Waals surface area contributed by atoms with E-state index in [1.807, 2.05) is 46.0 Å². The quantitative estimate of drug-likeness (QED) is 0.0411. The van der Waals surface area contributed by atoms with E-state index in [-0.39, 0.29) is 23.9 Å². The first-order chi connectivity index (χ1) is 35.0. The van der Waals surface area contributed by atoms with Gasteiger partial charge in [-0.25, -0.2) is 9.59 Å². The Morgan fingerprint density at radius 3 is 1.38 bits per heavy atom. The Kier molecular flexibility index (Phi) is 19.7. The van der Waals surface area contributed by atoms with Crippen LogP contribution in [0, 0.1) is 0 Å². The highest BCUT2D eigenvalue weighted by Gasteiger charge is 2.29. The van der Waals surface area contributed by atoms with Crippen LogP contribution in [0.4, 0.5) is 9.59 Å². The molecule has 2 atom stereocenters. The fourth-order valence-electron chi connectivity index (χ4n) is 9.30. The summed E-state index contributed by atoms with van der Waals surface area (Å²) in [5.74, 6) is 0.305. The Hall–Kier alpha value is -4.72. The number of carbonyl (C=O) groups is 2. The summed E-state index contributed by atoms with van der Waals surface area (Å²) >= 11 is 26.0. The maximum Gasteiger partial charge on any atom is 0.314 e. The average Bonchev–Trinajstić information content (AvgIpc) is 3.97. The van der Waals surface area contributed by atoms with Crippen LogP contribution >= 0.6 is 46.4 Å². The summed E-state index contributed by atoms with van der Waals surface area (Å²) in [6.07, 6.45) is 5.50. The number of nitrogens with zero attached hydrogens (tertiary/aromatic N) is 6. The van der Waals surface area contributed by atoms with Crippen LogP contribution in [0.5, 0.6) is 0 Å². The summed E-state index contributed by atoms with van der Waals surface area (Å²) in [6, 6.07) is 20.1. The van der Waals surface area contributed by atoms with E-state index in [1.165, 1.54) is 22.3 Å². The van der Waals surface area contributed by atoms with Gasteiger partial charge in [0.05, 0.1) is 77.0 Å². The molecule has 4 aromatic carbocycles. The highest BCUT2D eigenvalue weighted by atomic mass is 35.5. The predicted octanol–water partition coefficient (Wildman–Crippen LogP) is 8.30. The molecular weight excluding hydrogens is 1000 g/mol. The van der Waals surface area contributed by atoms with Crippen LogP contribution in [0.25, 0.3) is 21.8 Å². The van der Waals surface area contributed by atoms with E-state index in [4.69, 9.17) is 75.5 Å². The maximum absolute atomic E-state index is 12.1. The first-order valence-corrected chi connectivity index (χ1v) is 26.1. The molecule has 0 fully saturated rings. The SMILES string of the molecule is CN1Cc2c(Cl)cc(Cl)cc2C(c2ccc3cn(CCOCCOCCNC(=O)NCCCCNC(=O)NCCOCCOCCn4cc5ccc(C6CN(C)Cc7c(Cl)cc(Cl)cc76)cc5n4)nc3c2)C1. The number of hydrogen-bond acceptors (Lipinski definition) is 10. The molecule has 2 aliphatic heterocycles. The fraction of sp³-hybridized carbons (Fsp3) is 0.462. The molecule has 0 bridgehead atoms. The van der Waals surface area contributed by atoms with Crippen molar-refractivity contribution < 1.29 is 28.5 Å². The zero-order chi connectivity index (χ0) is 50.4. The lowest BCUT2D eigenvalue weighted by Crippen LogP contribution is -2.39. The molecule has 72 heavy (non-hydrogen) atoms. The third kappa shape index (κ3) is 15.0. The number of rotatable bonds is 25. The fourth-order valence-corrected chi connectivity index (χ4v) is 10.4. The lowest BCUT2D eigenvalue weighted by Gasteiger charge is -2.33. The maximum atomic E-state index is 12.1. The Labute approximate surface area is 440 Å². The number of halogens is 4. The van der Waals surface area contributed by atoms with Crippen LogP contribution < -0.4 is 21.3 Å². The second kappa shape index (κ2) is 26.5. The van der Waals surface area contributed by atoms with Gasteiger partial charge in [0.2, 0.25) is 0 Å². The van der Waals surface area contributed by atoms with E-state index in [2.05, 4.69) is 81.6 Å². The topological polar surface area (TPSA) is 161 Å². The number of benzene rings is 4. The van der Waals surface area contributed by atoms with E-state index in [0.717, 1.165) is 72.0 Å². The molecule has 386 valence electrons. The van der Waals surface area contributed by atoms with E-state index in [0.29, 0.717) is 112 Å². The number of aromatic nitrogens is 4. The molecular formula is C52H64Cl4N10O6. The molecule has 20 heteroatoms. The van der Waals surface area contributed by atoms with Gasteiger partial charge in [-0.05, 0) is 96.7 Å². The summed E-state index contributed by atoms with van der Waals surface area (Å²) in [4.78, 5) is 28.9. The van der Waals surface area contributed by atoms with Gasteiger partial charge in [0, 0.05) is 107 Å². The van der Waals surface area contributed by atoms with Gasteiger partial charge in [0.1, 0.15) is 0 Å². The zero-order valence-electron chi connectivity index (χ0n) is 40.9. The molecule has 0 saturated carbocycles.